The maximum Gasteiger partial charge on any atom is 0.305 e. The number of carboxylic acids is 1. The predicted octanol–water partition coefficient (Wildman–Crippen LogP) is 0.644. The molecule has 0 fully saturated rings. The number of likely N-dealkylation sites (N-methyl/N-ethyl adjacent to an activating group) is 1. The number of nitrogens with one attached hydrogen (secondary N) is 2. The van der Waals surface area contributed by atoms with Gasteiger partial charge in [-0.2, -0.15) is 10.2 Å². The van der Waals surface area contributed by atoms with Crippen LogP contribution in [0.4, 0.5) is 0 Å². The zero-order valence-electron chi connectivity index (χ0n) is 16.3. The second-order valence-electron chi connectivity index (χ2n) is 6.25. The Balaban J connectivity index is 1.92. The molecule has 160 valence electrons. The zero-order chi connectivity index (χ0) is 21.9. The van der Waals surface area contributed by atoms with E-state index < -0.39 is 17.9 Å². The monoisotopic (exact) mass is 433 g/mol. The Labute approximate surface area is 176 Å². The molecular weight excluding hydrogens is 410 g/mol. The number of carbonyl (C=O) groups excluding carboxylic acids is 2. The van der Waals surface area contributed by atoms with Gasteiger partial charge in [-0.05, 0) is 18.6 Å². The predicted molar refractivity (Wildman–Crippen MR) is 114 cm³/mol. The third kappa shape index (κ3) is 7.13. The first-order valence-electron chi connectivity index (χ1n) is 9.00. The Hall–Kier alpha value is -3.54. The van der Waals surface area contributed by atoms with Crippen LogP contribution < -0.4 is 16.6 Å². The van der Waals surface area contributed by atoms with Gasteiger partial charge in [-0.3, -0.25) is 19.8 Å². The summed E-state index contributed by atoms with van der Waals surface area (Å²) in [6.07, 6.45) is 2.89. The number of nitrogens with two attached hydrogens (primary N) is 1. The molecule has 30 heavy (non-hydrogen) atoms. The van der Waals surface area contributed by atoms with Crippen molar-refractivity contribution in [3.05, 3.63) is 29.3 Å². The van der Waals surface area contributed by atoms with Gasteiger partial charge in [0.25, 0.3) is 0 Å². The zero-order valence-corrected chi connectivity index (χ0v) is 17.1. The van der Waals surface area contributed by atoms with Crippen LogP contribution >= 0.6 is 11.3 Å². The molecular formula is C18H23N7O4S. The van der Waals surface area contributed by atoms with Crippen LogP contribution in [0.25, 0.3) is 10.2 Å². The highest BCUT2D eigenvalue weighted by atomic mass is 32.1. The highest BCUT2D eigenvalue weighted by Crippen LogP contribution is 2.28. The van der Waals surface area contributed by atoms with Gasteiger partial charge in [-0.15, -0.1) is 11.3 Å². The molecule has 5 N–H and O–H groups in total. The average Bonchev–Trinajstić information content (AvgIpc) is 3.13. The Kier molecular flexibility index (Phi) is 8.69. The third-order valence-electron chi connectivity index (χ3n) is 3.91. The lowest BCUT2D eigenvalue weighted by Crippen LogP contribution is -2.40. The molecule has 0 aliphatic heterocycles. The van der Waals surface area contributed by atoms with Crippen LogP contribution in [0.1, 0.15) is 30.3 Å². The van der Waals surface area contributed by atoms with Gasteiger partial charge in [-0.25, -0.2) is 4.98 Å². The summed E-state index contributed by atoms with van der Waals surface area (Å²) in [4.78, 5) is 41.5. The van der Waals surface area contributed by atoms with E-state index in [2.05, 4.69) is 25.9 Å². The molecule has 2 rings (SSSR count). The van der Waals surface area contributed by atoms with Crippen LogP contribution in [0.2, 0.25) is 0 Å². The number of aromatic nitrogens is 1. The molecule has 0 saturated carbocycles. The highest BCUT2D eigenvalue weighted by Gasteiger charge is 2.23. The van der Waals surface area contributed by atoms with Crippen molar-refractivity contribution in [2.24, 2.45) is 16.0 Å². The third-order valence-corrected chi connectivity index (χ3v) is 5.06. The van der Waals surface area contributed by atoms with Crippen LogP contribution in [0.15, 0.2) is 34.5 Å². The average molecular weight is 433 g/mol. The summed E-state index contributed by atoms with van der Waals surface area (Å²) in [5.41, 5.74) is 3.18. The number of para-hydroxylation sites is 1. The molecule has 0 radical (unpaired) electrons. The van der Waals surface area contributed by atoms with Gasteiger partial charge in [0.2, 0.25) is 11.8 Å². The van der Waals surface area contributed by atoms with E-state index >= 15 is 0 Å². The molecule has 1 aromatic heterocycles. The molecule has 2 amide bonds. The standard InChI is InChI=1S/C18H23N7O4S/c1-25(16(27)7-4-8-21-22-11-20-19)10-15(26)23-13(9-17(28)29)18-24-12-5-2-3-6-14(12)30-18/h2-3,5-6,8,11,13H,4,7,9-10,19H2,1H3,(H,20,22)(H,23,26)(H,28,29). The van der Waals surface area contributed by atoms with Gasteiger partial charge < -0.3 is 21.2 Å². The molecule has 0 aliphatic carbocycles. The molecule has 2 aromatic rings. The largest absolute Gasteiger partial charge is 0.481 e. The van der Waals surface area contributed by atoms with Gasteiger partial charge in [-0.1, -0.05) is 12.1 Å². The summed E-state index contributed by atoms with van der Waals surface area (Å²) in [7, 11) is 1.50. The first-order chi connectivity index (χ1) is 14.4. The van der Waals surface area contributed by atoms with Crippen LogP contribution in [0.3, 0.4) is 0 Å². The van der Waals surface area contributed by atoms with Crippen LogP contribution in [0, 0.1) is 0 Å². The molecule has 0 aliphatic rings. The summed E-state index contributed by atoms with van der Waals surface area (Å²) in [6.45, 7) is -0.199. The molecule has 11 nitrogen and oxygen atoms in total. The molecule has 1 aromatic carbocycles. The van der Waals surface area contributed by atoms with E-state index in [-0.39, 0.29) is 25.3 Å². The van der Waals surface area contributed by atoms with Crippen molar-refractivity contribution in [1.82, 2.24) is 20.6 Å². The number of carbonyl (C=O) groups is 3. The van der Waals surface area contributed by atoms with E-state index in [1.165, 1.54) is 35.8 Å². The Morgan fingerprint density at radius 3 is 2.83 bits per heavy atom. The fourth-order valence-corrected chi connectivity index (χ4v) is 3.54. The second kappa shape index (κ2) is 11.5. The SMILES string of the molecule is CN(CC(=O)NC(CC(=O)O)c1nc2ccccc2s1)C(=O)CCC=NNC=NN. The summed E-state index contributed by atoms with van der Waals surface area (Å²) < 4.78 is 0.901. The maximum absolute atomic E-state index is 12.4. The lowest BCUT2D eigenvalue weighted by molar-refractivity contribution is -0.138. The quantitative estimate of drug-likeness (QED) is 0.175. The molecule has 1 unspecified atom stereocenters. The van der Waals surface area contributed by atoms with Gasteiger partial charge >= 0.3 is 5.97 Å². The topological polar surface area (TPSA) is 162 Å². The van der Waals surface area contributed by atoms with Crippen molar-refractivity contribution in [3.8, 4) is 0 Å². The Bertz CT molecular complexity index is 911. The minimum Gasteiger partial charge on any atom is -0.481 e. The van der Waals surface area contributed by atoms with Gasteiger partial charge in [0.05, 0.1) is 29.2 Å². The van der Waals surface area contributed by atoms with E-state index in [1.54, 1.807) is 0 Å². The summed E-state index contributed by atoms with van der Waals surface area (Å²) in [5.74, 6) is 3.12. The lowest BCUT2D eigenvalue weighted by Gasteiger charge is -2.19. The fraction of sp³-hybridized carbons (Fsp3) is 0.333. The molecule has 12 heteroatoms. The Morgan fingerprint density at radius 2 is 2.13 bits per heavy atom. The maximum atomic E-state index is 12.4. The summed E-state index contributed by atoms with van der Waals surface area (Å²) in [6, 6.07) is 6.62. The minimum atomic E-state index is -1.06. The van der Waals surface area contributed by atoms with E-state index in [0.717, 1.165) is 10.2 Å². The minimum absolute atomic E-state index is 0.158. The number of thiazole rings is 1. The molecule has 0 spiro atoms. The molecule has 0 bridgehead atoms. The number of benzene rings is 1. The van der Waals surface area contributed by atoms with Crippen LogP contribution in [-0.4, -0.2) is 58.9 Å². The molecule has 1 heterocycles. The number of amides is 2. The normalized spacial score (nSPS) is 12.3. The van der Waals surface area contributed by atoms with Crippen molar-refractivity contribution in [3.63, 3.8) is 0 Å². The fourth-order valence-electron chi connectivity index (χ4n) is 2.52. The van der Waals surface area contributed by atoms with Crippen molar-refractivity contribution >= 4 is 51.9 Å². The molecule has 1 atom stereocenters. The van der Waals surface area contributed by atoms with Crippen molar-refractivity contribution in [2.75, 3.05) is 13.6 Å². The van der Waals surface area contributed by atoms with E-state index in [4.69, 9.17) is 5.84 Å². The van der Waals surface area contributed by atoms with E-state index in [1.807, 2.05) is 24.3 Å². The van der Waals surface area contributed by atoms with Crippen LogP contribution in [0.5, 0.6) is 0 Å². The van der Waals surface area contributed by atoms with Gasteiger partial charge in [0.15, 0.2) is 0 Å². The number of carboxylic acid groups (broad SMARTS) is 1. The number of nitrogens with zero attached hydrogens (tertiary/aromatic N) is 4. The van der Waals surface area contributed by atoms with Crippen molar-refractivity contribution < 1.29 is 19.5 Å². The second-order valence-corrected chi connectivity index (χ2v) is 7.31. The van der Waals surface area contributed by atoms with Crippen molar-refractivity contribution in [2.45, 2.75) is 25.3 Å². The summed E-state index contributed by atoms with van der Waals surface area (Å²) >= 11 is 1.33. The van der Waals surface area contributed by atoms with Crippen LogP contribution in [-0.2, 0) is 14.4 Å². The number of hydrogen-bond donors (Lipinski definition) is 4. The van der Waals surface area contributed by atoms with Gasteiger partial charge in [0, 0.05) is 19.7 Å². The van der Waals surface area contributed by atoms with Crippen molar-refractivity contribution in [1.29, 1.82) is 0 Å². The molecule has 0 saturated heterocycles. The first-order valence-corrected chi connectivity index (χ1v) is 9.81. The number of rotatable bonds is 11. The smallest absolute Gasteiger partial charge is 0.305 e. The van der Waals surface area contributed by atoms with E-state index in [9.17, 15) is 19.5 Å². The highest BCUT2D eigenvalue weighted by molar-refractivity contribution is 7.18. The number of hydrogen-bond acceptors (Lipinski definition) is 8. The summed E-state index contributed by atoms with van der Waals surface area (Å²) in [5, 5.41) is 19.3. The Morgan fingerprint density at radius 1 is 1.37 bits per heavy atom. The first kappa shape index (κ1) is 22.7. The van der Waals surface area contributed by atoms with Gasteiger partial charge in [0.1, 0.15) is 11.3 Å². The number of aliphatic carboxylic acids is 1. The lowest BCUT2D eigenvalue weighted by atomic mass is 10.2. The number of fused-ring (bicyclic) bond motifs is 1. The van der Waals surface area contributed by atoms with E-state index in [0.29, 0.717) is 11.4 Å². The number of hydrazone groups is 2.